The highest BCUT2D eigenvalue weighted by atomic mass is 79.9. The summed E-state index contributed by atoms with van der Waals surface area (Å²) in [6.07, 6.45) is 0. The van der Waals surface area contributed by atoms with Crippen LogP contribution in [0.25, 0.3) is 0 Å². The van der Waals surface area contributed by atoms with Gasteiger partial charge in [0, 0.05) is 27.7 Å². The van der Waals surface area contributed by atoms with Gasteiger partial charge in [-0.1, -0.05) is 28.1 Å². The first-order valence-electron chi connectivity index (χ1n) is 4.83. The van der Waals surface area contributed by atoms with E-state index in [2.05, 4.69) is 15.9 Å². The largest absolute Gasteiger partial charge is 0.345 e. The van der Waals surface area contributed by atoms with Gasteiger partial charge in [-0.3, -0.25) is 4.79 Å². The van der Waals surface area contributed by atoms with E-state index in [-0.39, 0.29) is 5.91 Å². The Morgan fingerprint density at radius 2 is 2.00 bits per heavy atom. The number of nitrogens with zero attached hydrogens (tertiary/aromatic N) is 1. The lowest BCUT2D eigenvalue weighted by Crippen LogP contribution is -2.21. The van der Waals surface area contributed by atoms with E-state index in [1.165, 1.54) is 4.90 Å². The molecule has 0 aliphatic heterocycles. The van der Waals surface area contributed by atoms with Gasteiger partial charge in [-0.2, -0.15) is 0 Å². The van der Waals surface area contributed by atoms with Crippen LogP contribution in [0, 0.1) is 0 Å². The molecule has 0 spiro atoms. The number of hydrogen-bond acceptors (Lipinski definition) is 1. The Morgan fingerprint density at radius 1 is 1.46 bits per heavy atom. The Labute approximate surface area is 89.5 Å². The summed E-state index contributed by atoms with van der Waals surface area (Å²) in [6, 6.07) is 6.45. The lowest BCUT2D eigenvalue weighted by Gasteiger charge is -2.09. The Balaban J connectivity index is 2.96. The minimum Gasteiger partial charge on any atom is -0.345 e. The topological polar surface area (TPSA) is 20.3 Å². The van der Waals surface area contributed by atoms with Gasteiger partial charge in [0.1, 0.15) is 0 Å². The summed E-state index contributed by atoms with van der Waals surface area (Å²) < 4.78 is 14.8. The summed E-state index contributed by atoms with van der Waals surface area (Å²) in [5, 5.41) is -1.55. The fraction of sp³-hybridized carbons (Fsp3) is 0.300. The molecule has 0 fully saturated rings. The minimum atomic E-state index is -1.55. The lowest BCUT2D eigenvalue weighted by molar-refractivity contribution is 0.0827. The average Bonchev–Trinajstić information content (AvgIpc) is 2.15. The van der Waals surface area contributed by atoms with Crippen LogP contribution in [0.2, 0.25) is 0 Å². The summed E-state index contributed by atoms with van der Waals surface area (Å²) in [7, 11) is 3.36. The number of benzene rings is 1. The first-order chi connectivity index (χ1) is 6.82. The van der Waals surface area contributed by atoms with Crippen LogP contribution in [0.15, 0.2) is 24.3 Å². The van der Waals surface area contributed by atoms with E-state index >= 15 is 0 Å². The molecule has 0 atom stereocenters. The van der Waals surface area contributed by atoms with Crippen LogP contribution in [-0.4, -0.2) is 24.9 Å². The van der Waals surface area contributed by atoms with Gasteiger partial charge >= 0.3 is 0 Å². The molecule has 0 heterocycles. The molecule has 0 radical (unpaired) electrons. The second-order valence-corrected chi connectivity index (χ2v) is 3.27. The molecule has 0 aromatic heterocycles. The smallest absolute Gasteiger partial charge is 0.253 e. The third-order valence-corrected chi connectivity index (χ3v) is 2.10. The molecule has 1 amide bonds. The zero-order valence-electron chi connectivity index (χ0n) is 9.54. The molecule has 0 saturated heterocycles. The van der Waals surface area contributed by atoms with Crippen LogP contribution in [0.3, 0.4) is 0 Å². The van der Waals surface area contributed by atoms with E-state index in [0.717, 1.165) is 0 Å². The molecule has 3 heteroatoms. The van der Waals surface area contributed by atoms with Gasteiger partial charge in [-0.05, 0) is 17.7 Å². The quantitative estimate of drug-likeness (QED) is 0.731. The van der Waals surface area contributed by atoms with Crippen molar-refractivity contribution >= 4 is 21.8 Å². The monoisotopic (exact) mass is 243 g/mol. The third-order valence-electron chi connectivity index (χ3n) is 1.65. The zero-order chi connectivity index (χ0) is 11.6. The van der Waals surface area contributed by atoms with Gasteiger partial charge in [0.25, 0.3) is 5.91 Å². The van der Waals surface area contributed by atoms with Crippen molar-refractivity contribution < 1.29 is 7.54 Å². The molecular formula is C10H12BrNO. The molecule has 1 aromatic rings. The summed E-state index contributed by atoms with van der Waals surface area (Å²) in [5.74, 6) is -0.0864. The normalized spacial score (nSPS) is 13.2. The minimum absolute atomic E-state index is 0.0864. The van der Waals surface area contributed by atoms with E-state index in [0.29, 0.717) is 11.1 Å². The molecule has 1 aromatic carbocycles. The fourth-order valence-corrected chi connectivity index (χ4v) is 1.20. The predicted octanol–water partition coefficient (Wildman–Crippen LogP) is 2.28. The van der Waals surface area contributed by atoms with E-state index in [1.807, 2.05) is 0 Å². The van der Waals surface area contributed by atoms with Crippen LogP contribution in [0.5, 0.6) is 0 Å². The molecule has 0 saturated carbocycles. The predicted molar refractivity (Wildman–Crippen MR) is 57.1 cm³/mol. The van der Waals surface area contributed by atoms with Gasteiger partial charge in [0.2, 0.25) is 0 Å². The second kappa shape index (κ2) is 4.42. The van der Waals surface area contributed by atoms with Gasteiger partial charge in [-0.25, -0.2) is 0 Å². The standard InChI is InChI=1S/C10H12BrNO/c1-12(2)10(13)9-5-3-8(7-11)4-6-9/h3-6H,7H2,1-2H3/i7D2. The van der Waals surface area contributed by atoms with E-state index in [4.69, 9.17) is 2.74 Å². The molecule has 0 aliphatic carbocycles. The van der Waals surface area contributed by atoms with Crippen LogP contribution in [0.4, 0.5) is 0 Å². The van der Waals surface area contributed by atoms with Crippen molar-refractivity contribution in [2.75, 3.05) is 14.1 Å². The molecule has 0 N–H and O–H groups in total. The van der Waals surface area contributed by atoms with Gasteiger partial charge in [-0.15, -0.1) is 0 Å². The van der Waals surface area contributed by atoms with E-state index < -0.39 is 5.28 Å². The molecule has 0 aliphatic rings. The highest BCUT2D eigenvalue weighted by Gasteiger charge is 2.06. The Kier molecular flexibility index (Phi) is 2.57. The van der Waals surface area contributed by atoms with E-state index in [9.17, 15) is 4.79 Å². The molecule has 2 nitrogen and oxygen atoms in total. The van der Waals surface area contributed by atoms with Crippen molar-refractivity contribution in [1.29, 1.82) is 0 Å². The summed E-state index contributed by atoms with van der Waals surface area (Å²) >= 11 is 2.92. The summed E-state index contributed by atoms with van der Waals surface area (Å²) in [6.45, 7) is 0. The average molecular weight is 244 g/mol. The molecule has 1 rings (SSSR count). The van der Waals surface area contributed by atoms with Crippen LogP contribution >= 0.6 is 15.9 Å². The van der Waals surface area contributed by atoms with Crippen molar-refractivity contribution in [3.05, 3.63) is 35.4 Å². The Morgan fingerprint density at radius 3 is 2.38 bits per heavy atom. The number of rotatable bonds is 2. The number of alkyl halides is 1. The first kappa shape index (κ1) is 7.56. The SMILES string of the molecule is [2H]C([2H])(Br)c1ccc(C(=O)N(C)C)cc1. The summed E-state index contributed by atoms with van der Waals surface area (Å²) in [5.41, 5.74) is 1.05. The highest BCUT2D eigenvalue weighted by Crippen LogP contribution is 2.08. The molecule has 0 unspecified atom stereocenters. The number of amides is 1. The maximum atomic E-state index is 11.5. The summed E-state index contributed by atoms with van der Waals surface area (Å²) in [4.78, 5) is 13.0. The van der Waals surface area contributed by atoms with Gasteiger partial charge < -0.3 is 4.90 Å². The van der Waals surface area contributed by atoms with Crippen LogP contribution < -0.4 is 0 Å². The van der Waals surface area contributed by atoms with Gasteiger partial charge in [0.05, 0.1) is 0 Å². The number of hydrogen-bond donors (Lipinski definition) is 0. The maximum absolute atomic E-state index is 11.5. The van der Waals surface area contributed by atoms with E-state index in [1.54, 1.807) is 38.4 Å². The number of halogens is 1. The van der Waals surface area contributed by atoms with Gasteiger partial charge in [0.15, 0.2) is 0 Å². The Hall–Kier alpha value is -0.830. The number of carbonyl (C=O) groups excluding carboxylic acids is 1. The van der Waals surface area contributed by atoms with Crippen molar-refractivity contribution in [3.63, 3.8) is 0 Å². The first-order valence-corrected chi connectivity index (χ1v) is 4.63. The second-order valence-electron chi connectivity index (χ2n) is 2.87. The Bertz CT molecular complexity index is 357. The van der Waals surface area contributed by atoms with Crippen LogP contribution in [-0.2, 0) is 5.28 Å². The lowest BCUT2D eigenvalue weighted by atomic mass is 10.1. The third kappa shape index (κ3) is 2.56. The molecule has 13 heavy (non-hydrogen) atoms. The molecule has 0 bridgehead atoms. The molecular weight excluding hydrogens is 230 g/mol. The van der Waals surface area contributed by atoms with Crippen molar-refractivity contribution in [1.82, 2.24) is 4.90 Å². The fourth-order valence-electron chi connectivity index (χ4n) is 0.934. The van der Waals surface area contributed by atoms with Crippen molar-refractivity contribution in [3.8, 4) is 0 Å². The molecule has 70 valence electrons. The van der Waals surface area contributed by atoms with Crippen LogP contribution in [0.1, 0.15) is 18.7 Å². The van der Waals surface area contributed by atoms with Crippen molar-refractivity contribution in [2.24, 2.45) is 0 Å². The highest BCUT2D eigenvalue weighted by molar-refractivity contribution is 9.08. The maximum Gasteiger partial charge on any atom is 0.253 e. The number of carbonyl (C=O) groups is 1. The zero-order valence-corrected chi connectivity index (χ0v) is 9.13. The van der Waals surface area contributed by atoms with Crippen molar-refractivity contribution in [2.45, 2.75) is 5.28 Å².